The second kappa shape index (κ2) is 8.37. The van der Waals surface area contributed by atoms with Crippen LogP contribution < -0.4 is 4.74 Å². The fourth-order valence-corrected chi connectivity index (χ4v) is 2.71. The average Bonchev–Trinajstić information content (AvgIpc) is 3.07. The maximum absolute atomic E-state index is 13.7. The second-order valence-electron chi connectivity index (χ2n) is 7.21. The van der Waals surface area contributed by atoms with Gasteiger partial charge in [0.1, 0.15) is 11.6 Å². The average molecular weight is 381 g/mol. The highest BCUT2D eigenvalue weighted by Gasteiger charge is 2.37. The van der Waals surface area contributed by atoms with Gasteiger partial charge in [0.15, 0.2) is 24.0 Å². The Bertz CT molecular complexity index is 727. The molecule has 2 rings (SSSR count). The van der Waals surface area contributed by atoms with Gasteiger partial charge in [0.25, 0.3) is 0 Å². The predicted octanol–water partition coefficient (Wildman–Crippen LogP) is 2.96. The van der Waals surface area contributed by atoms with Gasteiger partial charge in [-0.05, 0) is 51.8 Å². The number of ether oxygens (including phenoxy) is 3. The first-order valence-electron chi connectivity index (χ1n) is 8.65. The number of amides is 1. The smallest absolute Gasteiger partial charge is 0.411 e. The first kappa shape index (κ1) is 20.7. The fourth-order valence-electron chi connectivity index (χ4n) is 2.71. The molecule has 1 atom stereocenters. The van der Waals surface area contributed by atoms with Crippen LogP contribution in [0.4, 0.5) is 9.18 Å². The van der Waals surface area contributed by atoms with E-state index >= 15 is 0 Å². The van der Waals surface area contributed by atoms with E-state index in [0.29, 0.717) is 19.4 Å². The van der Waals surface area contributed by atoms with Crippen LogP contribution in [0.1, 0.15) is 44.0 Å². The molecule has 0 saturated carbocycles. The third-order valence-electron chi connectivity index (χ3n) is 3.97. The molecule has 1 heterocycles. The first-order chi connectivity index (χ1) is 12.6. The van der Waals surface area contributed by atoms with Crippen LogP contribution in [0.5, 0.6) is 5.75 Å². The highest BCUT2D eigenvalue weighted by molar-refractivity contribution is 5.98. The Morgan fingerprint density at radius 3 is 2.56 bits per heavy atom. The molecule has 0 spiro atoms. The topological polar surface area (TPSA) is 82.1 Å². The SMILES string of the molecule is COc1ccc(C(=O)COC(=O)C2CCCN2C(=O)OC(C)(C)C)cc1F. The minimum Gasteiger partial charge on any atom is -0.494 e. The molecule has 1 unspecified atom stereocenters. The van der Waals surface area contributed by atoms with E-state index in [-0.39, 0.29) is 11.3 Å². The molecule has 7 nitrogen and oxygen atoms in total. The number of methoxy groups -OCH3 is 1. The van der Waals surface area contributed by atoms with Crippen LogP contribution in [-0.4, -0.2) is 54.7 Å². The van der Waals surface area contributed by atoms with E-state index in [1.54, 1.807) is 20.8 Å². The van der Waals surface area contributed by atoms with Crippen molar-refractivity contribution in [3.05, 3.63) is 29.6 Å². The molecule has 8 heteroatoms. The van der Waals surface area contributed by atoms with Gasteiger partial charge in [-0.2, -0.15) is 0 Å². The fraction of sp³-hybridized carbons (Fsp3) is 0.526. The first-order valence-corrected chi connectivity index (χ1v) is 8.65. The van der Waals surface area contributed by atoms with Gasteiger partial charge in [-0.3, -0.25) is 9.69 Å². The highest BCUT2D eigenvalue weighted by atomic mass is 19.1. The number of likely N-dealkylation sites (tertiary alicyclic amines) is 1. The van der Waals surface area contributed by atoms with E-state index in [2.05, 4.69) is 0 Å². The van der Waals surface area contributed by atoms with Gasteiger partial charge in [0, 0.05) is 12.1 Å². The Labute approximate surface area is 157 Å². The number of hydrogen-bond donors (Lipinski definition) is 0. The molecule has 0 radical (unpaired) electrons. The zero-order valence-corrected chi connectivity index (χ0v) is 15.9. The van der Waals surface area contributed by atoms with Gasteiger partial charge >= 0.3 is 12.1 Å². The largest absolute Gasteiger partial charge is 0.494 e. The number of ketones is 1. The van der Waals surface area contributed by atoms with E-state index in [0.717, 1.165) is 6.07 Å². The molecule has 0 N–H and O–H groups in total. The van der Waals surface area contributed by atoms with Crippen LogP contribution in [0.2, 0.25) is 0 Å². The molecule has 1 aliphatic heterocycles. The van der Waals surface area contributed by atoms with Gasteiger partial charge < -0.3 is 14.2 Å². The summed E-state index contributed by atoms with van der Waals surface area (Å²) in [5.74, 6) is -1.89. The molecule has 1 aromatic carbocycles. The number of carbonyl (C=O) groups excluding carboxylic acids is 3. The number of benzene rings is 1. The van der Waals surface area contributed by atoms with E-state index in [1.807, 2.05) is 0 Å². The van der Waals surface area contributed by atoms with Crippen molar-refractivity contribution in [2.45, 2.75) is 45.3 Å². The van der Waals surface area contributed by atoms with E-state index in [4.69, 9.17) is 14.2 Å². The summed E-state index contributed by atoms with van der Waals surface area (Å²) in [4.78, 5) is 38.0. The summed E-state index contributed by atoms with van der Waals surface area (Å²) in [5, 5.41) is 0. The van der Waals surface area contributed by atoms with Gasteiger partial charge in [-0.1, -0.05) is 0 Å². The Hall–Kier alpha value is -2.64. The zero-order chi connectivity index (χ0) is 20.2. The minimum absolute atomic E-state index is 0.0162. The molecule has 1 aliphatic rings. The van der Waals surface area contributed by atoms with Crippen LogP contribution in [-0.2, 0) is 14.3 Å². The Balaban J connectivity index is 1.95. The molecule has 0 aromatic heterocycles. The summed E-state index contributed by atoms with van der Waals surface area (Å²) in [7, 11) is 1.32. The number of Topliss-reactive ketones (excluding diaryl/α,β-unsaturated/α-hetero) is 1. The van der Waals surface area contributed by atoms with Crippen molar-refractivity contribution in [1.82, 2.24) is 4.90 Å². The molecule has 1 aromatic rings. The molecular formula is C19H24FNO6. The van der Waals surface area contributed by atoms with Crippen LogP contribution in [0, 0.1) is 5.82 Å². The molecule has 1 amide bonds. The van der Waals surface area contributed by atoms with Crippen molar-refractivity contribution >= 4 is 17.8 Å². The monoisotopic (exact) mass is 381 g/mol. The number of hydrogen-bond acceptors (Lipinski definition) is 6. The lowest BCUT2D eigenvalue weighted by molar-refractivity contribution is -0.147. The summed E-state index contributed by atoms with van der Waals surface area (Å²) in [6.45, 7) is 5.05. The van der Waals surface area contributed by atoms with Crippen molar-refractivity contribution in [3.63, 3.8) is 0 Å². The Morgan fingerprint density at radius 2 is 1.96 bits per heavy atom. The summed E-state index contributed by atoms with van der Waals surface area (Å²) < 4.78 is 28.8. The molecule has 0 aliphatic carbocycles. The van der Waals surface area contributed by atoms with Crippen LogP contribution in [0.15, 0.2) is 18.2 Å². The number of rotatable bonds is 5. The lowest BCUT2D eigenvalue weighted by Crippen LogP contribution is -2.44. The van der Waals surface area contributed by atoms with Crippen molar-refractivity contribution in [2.24, 2.45) is 0 Å². The number of esters is 1. The quantitative estimate of drug-likeness (QED) is 0.576. The van der Waals surface area contributed by atoms with Crippen LogP contribution in [0.3, 0.4) is 0 Å². The molecule has 1 saturated heterocycles. The van der Waals surface area contributed by atoms with Gasteiger partial charge in [-0.25, -0.2) is 14.0 Å². The van der Waals surface area contributed by atoms with Crippen molar-refractivity contribution in [3.8, 4) is 5.75 Å². The molecule has 148 valence electrons. The molecule has 1 fully saturated rings. The normalized spacial score (nSPS) is 16.8. The van der Waals surface area contributed by atoms with Crippen molar-refractivity contribution in [2.75, 3.05) is 20.3 Å². The third kappa shape index (κ3) is 5.42. The highest BCUT2D eigenvalue weighted by Crippen LogP contribution is 2.22. The van der Waals surface area contributed by atoms with Crippen molar-refractivity contribution < 1.29 is 33.0 Å². The van der Waals surface area contributed by atoms with E-state index < -0.39 is 41.9 Å². The zero-order valence-electron chi connectivity index (χ0n) is 15.9. The minimum atomic E-state index is -0.791. The summed E-state index contributed by atoms with van der Waals surface area (Å²) >= 11 is 0. The number of nitrogens with zero attached hydrogens (tertiary/aromatic N) is 1. The molecular weight excluding hydrogens is 357 g/mol. The Kier molecular flexibility index (Phi) is 6.41. The maximum Gasteiger partial charge on any atom is 0.411 e. The lowest BCUT2D eigenvalue weighted by Gasteiger charge is -2.27. The van der Waals surface area contributed by atoms with Gasteiger partial charge in [0.2, 0.25) is 0 Å². The van der Waals surface area contributed by atoms with Gasteiger partial charge in [0.05, 0.1) is 7.11 Å². The van der Waals surface area contributed by atoms with Crippen LogP contribution >= 0.6 is 0 Å². The number of halogens is 1. The summed E-state index contributed by atoms with van der Waals surface area (Å²) in [5.41, 5.74) is -0.612. The number of carbonyl (C=O) groups is 3. The molecule has 27 heavy (non-hydrogen) atoms. The second-order valence-corrected chi connectivity index (χ2v) is 7.21. The Morgan fingerprint density at radius 1 is 1.26 bits per heavy atom. The maximum atomic E-state index is 13.7. The lowest BCUT2D eigenvalue weighted by atomic mass is 10.1. The van der Waals surface area contributed by atoms with Crippen molar-refractivity contribution in [1.29, 1.82) is 0 Å². The summed E-state index contributed by atoms with van der Waals surface area (Å²) in [6, 6.07) is 2.95. The van der Waals surface area contributed by atoms with E-state index in [9.17, 15) is 18.8 Å². The van der Waals surface area contributed by atoms with Gasteiger partial charge in [-0.15, -0.1) is 0 Å². The van der Waals surface area contributed by atoms with Crippen LogP contribution in [0.25, 0.3) is 0 Å². The van der Waals surface area contributed by atoms with E-state index in [1.165, 1.54) is 24.1 Å². The third-order valence-corrected chi connectivity index (χ3v) is 3.97. The predicted molar refractivity (Wildman–Crippen MR) is 94.2 cm³/mol. The summed E-state index contributed by atoms with van der Waals surface area (Å²) in [6.07, 6.45) is 0.477. The molecule has 0 bridgehead atoms. The standard InChI is InChI=1S/C19H24FNO6/c1-19(2,3)27-18(24)21-9-5-6-14(21)17(23)26-11-15(22)12-7-8-16(25-4)13(20)10-12/h7-8,10,14H,5-6,9,11H2,1-4H3.